The second kappa shape index (κ2) is 3.33. The Morgan fingerprint density at radius 3 is 2.73 bits per heavy atom. The standard InChI is InChI=1S/C10H13N/c1-8(2)6-10-5-4-9(3)7-11-10/h4-5,7H,1,6H2,2-3H3. The van der Waals surface area contributed by atoms with E-state index in [-0.39, 0.29) is 0 Å². The first kappa shape index (κ1) is 7.99. The van der Waals surface area contributed by atoms with E-state index in [4.69, 9.17) is 0 Å². The van der Waals surface area contributed by atoms with E-state index in [9.17, 15) is 0 Å². The maximum absolute atomic E-state index is 4.26. The molecule has 1 rings (SSSR count). The third-order valence-electron chi connectivity index (χ3n) is 1.46. The number of hydrogen-bond donors (Lipinski definition) is 0. The predicted molar refractivity (Wildman–Crippen MR) is 47.5 cm³/mol. The summed E-state index contributed by atoms with van der Waals surface area (Å²) < 4.78 is 0. The lowest BCUT2D eigenvalue weighted by Crippen LogP contribution is -1.89. The lowest BCUT2D eigenvalue weighted by Gasteiger charge is -1.98. The average Bonchev–Trinajstić information content (AvgIpc) is 1.93. The third-order valence-corrected chi connectivity index (χ3v) is 1.46. The van der Waals surface area contributed by atoms with Crippen molar-refractivity contribution >= 4 is 0 Å². The lowest BCUT2D eigenvalue weighted by molar-refractivity contribution is 1.04. The van der Waals surface area contributed by atoms with Gasteiger partial charge in [0.1, 0.15) is 0 Å². The van der Waals surface area contributed by atoms with E-state index in [0.29, 0.717) is 0 Å². The Balaban J connectivity index is 2.74. The van der Waals surface area contributed by atoms with Crippen molar-refractivity contribution in [1.29, 1.82) is 0 Å². The molecule has 0 spiro atoms. The summed E-state index contributed by atoms with van der Waals surface area (Å²) in [5.74, 6) is 0. The van der Waals surface area contributed by atoms with Crippen LogP contribution in [0.15, 0.2) is 30.5 Å². The maximum atomic E-state index is 4.26. The summed E-state index contributed by atoms with van der Waals surface area (Å²) >= 11 is 0. The van der Waals surface area contributed by atoms with Gasteiger partial charge in [0.15, 0.2) is 0 Å². The van der Waals surface area contributed by atoms with Crippen molar-refractivity contribution in [3.05, 3.63) is 41.7 Å². The van der Waals surface area contributed by atoms with Gasteiger partial charge in [-0.25, -0.2) is 0 Å². The first-order valence-corrected chi connectivity index (χ1v) is 3.74. The van der Waals surface area contributed by atoms with E-state index in [0.717, 1.165) is 17.7 Å². The maximum Gasteiger partial charge on any atom is 0.0444 e. The predicted octanol–water partition coefficient (Wildman–Crippen LogP) is 2.51. The van der Waals surface area contributed by atoms with Crippen LogP contribution in [0.5, 0.6) is 0 Å². The van der Waals surface area contributed by atoms with Crippen LogP contribution in [0.1, 0.15) is 18.2 Å². The molecule has 58 valence electrons. The molecule has 0 fully saturated rings. The number of nitrogens with zero attached hydrogens (tertiary/aromatic N) is 1. The second-order valence-corrected chi connectivity index (χ2v) is 2.96. The van der Waals surface area contributed by atoms with Gasteiger partial charge in [0.2, 0.25) is 0 Å². The highest BCUT2D eigenvalue weighted by Gasteiger charge is 1.92. The number of aryl methyl sites for hydroxylation is 1. The van der Waals surface area contributed by atoms with Gasteiger partial charge in [0, 0.05) is 18.3 Å². The minimum Gasteiger partial charge on any atom is -0.261 e. The molecule has 1 aromatic heterocycles. The molecule has 0 aliphatic heterocycles. The van der Waals surface area contributed by atoms with Crippen LogP contribution in [-0.2, 0) is 6.42 Å². The molecule has 0 amide bonds. The van der Waals surface area contributed by atoms with Crippen LogP contribution in [0.25, 0.3) is 0 Å². The summed E-state index contributed by atoms with van der Waals surface area (Å²) in [6.07, 6.45) is 2.78. The third kappa shape index (κ3) is 2.54. The van der Waals surface area contributed by atoms with Crippen LogP contribution in [0.3, 0.4) is 0 Å². The molecule has 11 heavy (non-hydrogen) atoms. The van der Waals surface area contributed by atoms with E-state index in [1.165, 1.54) is 5.56 Å². The summed E-state index contributed by atoms with van der Waals surface area (Å²) in [6, 6.07) is 4.12. The molecular formula is C10H13N. The van der Waals surface area contributed by atoms with Crippen LogP contribution in [0.4, 0.5) is 0 Å². The minimum atomic E-state index is 0.889. The molecule has 1 heterocycles. The van der Waals surface area contributed by atoms with Crippen LogP contribution < -0.4 is 0 Å². The monoisotopic (exact) mass is 147 g/mol. The highest BCUT2D eigenvalue weighted by molar-refractivity contribution is 5.15. The Kier molecular flexibility index (Phi) is 2.42. The van der Waals surface area contributed by atoms with Crippen molar-refractivity contribution in [3.8, 4) is 0 Å². The Morgan fingerprint density at radius 2 is 2.27 bits per heavy atom. The van der Waals surface area contributed by atoms with Crippen molar-refractivity contribution in [2.75, 3.05) is 0 Å². The molecule has 0 saturated carbocycles. The zero-order valence-corrected chi connectivity index (χ0v) is 7.09. The smallest absolute Gasteiger partial charge is 0.0444 e. The molecule has 0 N–H and O–H groups in total. The van der Waals surface area contributed by atoms with Crippen LogP contribution in [-0.4, -0.2) is 4.98 Å². The van der Waals surface area contributed by atoms with Gasteiger partial charge in [-0.3, -0.25) is 4.98 Å². The number of rotatable bonds is 2. The lowest BCUT2D eigenvalue weighted by atomic mass is 10.1. The molecule has 0 aliphatic carbocycles. The largest absolute Gasteiger partial charge is 0.261 e. The van der Waals surface area contributed by atoms with Gasteiger partial charge in [-0.05, 0) is 25.5 Å². The first-order chi connectivity index (χ1) is 5.18. The fourth-order valence-corrected chi connectivity index (χ4v) is 0.912. The zero-order valence-electron chi connectivity index (χ0n) is 7.09. The number of allylic oxidation sites excluding steroid dienone is 1. The summed E-state index contributed by atoms with van der Waals surface area (Å²) in [7, 11) is 0. The molecule has 0 saturated heterocycles. The van der Waals surface area contributed by atoms with E-state index >= 15 is 0 Å². The van der Waals surface area contributed by atoms with Gasteiger partial charge >= 0.3 is 0 Å². The topological polar surface area (TPSA) is 12.9 Å². The molecule has 0 unspecified atom stereocenters. The van der Waals surface area contributed by atoms with Crippen molar-refractivity contribution in [3.63, 3.8) is 0 Å². The first-order valence-electron chi connectivity index (χ1n) is 3.74. The van der Waals surface area contributed by atoms with Crippen LogP contribution >= 0.6 is 0 Å². The van der Waals surface area contributed by atoms with Gasteiger partial charge in [-0.1, -0.05) is 18.2 Å². The van der Waals surface area contributed by atoms with Gasteiger partial charge in [-0.2, -0.15) is 0 Å². The van der Waals surface area contributed by atoms with Gasteiger partial charge < -0.3 is 0 Å². The number of aromatic nitrogens is 1. The molecule has 1 aromatic rings. The van der Waals surface area contributed by atoms with Gasteiger partial charge in [0.25, 0.3) is 0 Å². The fourth-order valence-electron chi connectivity index (χ4n) is 0.912. The molecule has 0 bridgehead atoms. The van der Waals surface area contributed by atoms with E-state index in [1.807, 2.05) is 26.1 Å². The Bertz CT molecular complexity index is 246. The quantitative estimate of drug-likeness (QED) is 0.586. The summed E-state index contributed by atoms with van der Waals surface area (Å²) in [5.41, 5.74) is 3.46. The SMILES string of the molecule is C=C(C)Cc1ccc(C)cn1. The summed E-state index contributed by atoms with van der Waals surface area (Å²) in [6.45, 7) is 7.89. The molecule has 0 atom stereocenters. The van der Waals surface area contributed by atoms with Crippen molar-refractivity contribution in [2.24, 2.45) is 0 Å². The average molecular weight is 147 g/mol. The zero-order chi connectivity index (χ0) is 8.27. The van der Waals surface area contributed by atoms with E-state index in [2.05, 4.69) is 17.6 Å². The molecule has 0 aromatic carbocycles. The molecular weight excluding hydrogens is 134 g/mol. The Morgan fingerprint density at radius 1 is 1.55 bits per heavy atom. The molecule has 1 heteroatoms. The van der Waals surface area contributed by atoms with Crippen LogP contribution in [0, 0.1) is 6.92 Å². The van der Waals surface area contributed by atoms with Gasteiger partial charge in [0.05, 0.1) is 0 Å². The Hall–Kier alpha value is -1.11. The molecule has 0 aliphatic rings. The van der Waals surface area contributed by atoms with Crippen molar-refractivity contribution < 1.29 is 0 Å². The summed E-state index contributed by atoms with van der Waals surface area (Å²) in [4.78, 5) is 4.26. The Labute approximate surface area is 67.8 Å². The highest BCUT2D eigenvalue weighted by atomic mass is 14.7. The number of pyridine rings is 1. The van der Waals surface area contributed by atoms with Crippen molar-refractivity contribution in [1.82, 2.24) is 4.98 Å². The van der Waals surface area contributed by atoms with E-state index < -0.39 is 0 Å². The molecule has 0 radical (unpaired) electrons. The van der Waals surface area contributed by atoms with Crippen LogP contribution in [0.2, 0.25) is 0 Å². The second-order valence-electron chi connectivity index (χ2n) is 2.96. The highest BCUT2D eigenvalue weighted by Crippen LogP contribution is 2.03. The fraction of sp³-hybridized carbons (Fsp3) is 0.300. The van der Waals surface area contributed by atoms with Crippen molar-refractivity contribution in [2.45, 2.75) is 20.3 Å². The number of hydrogen-bond acceptors (Lipinski definition) is 1. The molecule has 1 nitrogen and oxygen atoms in total. The summed E-state index contributed by atoms with van der Waals surface area (Å²) in [5, 5.41) is 0. The normalized spacial score (nSPS) is 9.64. The van der Waals surface area contributed by atoms with E-state index in [1.54, 1.807) is 0 Å². The minimum absolute atomic E-state index is 0.889. The van der Waals surface area contributed by atoms with Gasteiger partial charge in [-0.15, -0.1) is 0 Å².